The second kappa shape index (κ2) is 7.84. The maximum atomic E-state index is 12.0. The Bertz CT molecular complexity index is 508. The van der Waals surface area contributed by atoms with Crippen molar-refractivity contribution in [2.45, 2.75) is 12.5 Å². The molecule has 7 nitrogen and oxygen atoms in total. The lowest BCUT2D eigenvalue weighted by atomic mass is 10.1. The maximum Gasteiger partial charge on any atom is 0.332 e. The van der Waals surface area contributed by atoms with E-state index in [-0.39, 0.29) is 13.0 Å². The second-order valence-electron chi connectivity index (χ2n) is 4.09. The van der Waals surface area contributed by atoms with Gasteiger partial charge >= 0.3 is 5.97 Å². The second-order valence-corrected chi connectivity index (χ2v) is 4.89. The number of aliphatic carboxylic acids is 1. The van der Waals surface area contributed by atoms with Gasteiger partial charge < -0.3 is 25.0 Å². The van der Waals surface area contributed by atoms with Crippen LogP contribution in [0.25, 0.3) is 0 Å². The SMILES string of the molecule is COc1cc(C(=O)NCCC(O)C(=O)O)cc(OC)c1Br. The molecule has 1 amide bonds. The number of benzene rings is 1. The number of amides is 1. The van der Waals surface area contributed by atoms with Crippen LogP contribution in [0.1, 0.15) is 16.8 Å². The molecule has 0 aliphatic heterocycles. The number of nitrogens with one attached hydrogen (secondary N) is 1. The number of carbonyl (C=O) groups is 2. The number of aliphatic hydroxyl groups excluding tert-OH is 1. The monoisotopic (exact) mass is 361 g/mol. The average molecular weight is 362 g/mol. The number of hydrogen-bond donors (Lipinski definition) is 3. The van der Waals surface area contributed by atoms with Crippen molar-refractivity contribution in [2.75, 3.05) is 20.8 Å². The fourth-order valence-electron chi connectivity index (χ4n) is 1.55. The molecule has 1 unspecified atom stereocenters. The molecular formula is C13H16BrNO6. The van der Waals surface area contributed by atoms with E-state index >= 15 is 0 Å². The smallest absolute Gasteiger partial charge is 0.332 e. The molecule has 1 aromatic rings. The summed E-state index contributed by atoms with van der Waals surface area (Å²) in [6, 6.07) is 3.05. The first kappa shape index (κ1) is 17.3. The predicted molar refractivity (Wildman–Crippen MR) is 77.8 cm³/mol. The molecule has 0 saturated heterocycles. The van der Waals surface area contributed by atoms with E-state index in [2.05, 4.69) is 21.2 Å². The Morgan fingerprint density at radius 2 is 1.81 bits per heavy atom. The quantitative estimate of drug-likeness (QED) is 0.669. The van der Waals surface area contributed by atoms with Gasteiger partial charge in [0, 0.05) is 18.5 Å². The molecule has 0 aromatic heterocycles. The lowest BCUT2D eigenvalue weighted by molar-refractivity contribution is -0.146. The molecule has 0 aliphatic carbocycles. The average Bonchev–Trinajstić information content (AvgIpc) is 2.46. The molecule has 21 heavy (non-hydrogen) atoms. The Morgan fingerprint density at radius 1 is 1.29 bits per heavy atom. The zero-order chi connectivity index (χ0) is 16.0. The Morgan fingerprint density at radius 3 is 2.24 bits per heavy atom. The molecule has 3 N–H and O–H groups in total. The number of carboxylic acids is 1. The van der Waals surface area contributed by atoms with E-state index in [0.29, 0.717) is 21.5 Å². The van der Waals surface area contributed by atoms with Gasteiger partial charge in [-0.25, -0.2) is 4.79 Å². The predicted octanol–water partition coefficient (Wildman–Crippen LogP) is 1.03. The largest absolute Gasteiger partial charge is 0.495 e. The molecule has 0 saturated carbocycles. The van der Waals surface area contributed by atoms with E-state index in [1.807, 2.05) is 0 Å². The van der Waals surface area contributed by atoms with Gasteiger partial charge in [-0.15, -0.1) is 0 Å². The number of rotatable bonds is 7. The van der Waals surface area contributed by atoms with E-state index in [1.165, 1.54) is 26.4 Å². The number of methoxy groups -OCH3 is 2. The van der Waals surface area contributed by atoms with Gasteiger partial charge in [-0.1, -0.05) is 0 Å². The van der Waals surface area contributed by atoms with Crippen LogP contribution in [0.5, 0.6) is 11.5 Å². The number of carboxylic acid groups (broad SMARTS) is 1. The van der Waals surface area contributed by atoms with Crippen molar-refractivity contribution < 1.29 is 29.3 Å². The molecule has 1 rings (SSSR count). The first-order chi connectivity index (χ1) is 9.90. The molecule has 1 aromatic carbocycles. The molecule has 0 fully saturated rings. The molecular weight excluding hydrogens is 346 g/mol. The van der Waals surface area contributed by atoms with Gasteiger partial charge in [0.25, 0.3) is 5.91 Å². The first-order valence-corrected chi connectivity index (χ1v) is 6.80. The maximum absolute atomic E-state index is 12.0. The minimum atomic E-state index is -1.50. The van der Waals surface area contributed by atoms with Crippen molar-refractivity contribution in [1.82, 2.24) is 5.32 Å². The minimum Gasteiger partial charge on any atom is -0.495 e. The molecule has 0 bridgehead atoms. The Labute approximate surface area is 130 Å². The van der Waals surface area contributed by atoms with Crippen LogP contribution in [0, 0.1) is 0 Å². The summed E-state index contributed by atoms with van der Waals surface area (Å²) in [6.07, 6.45) is -1.58. The lowest BCUT2D eigenvalue weighted by Gasteiger charge is -2.12. The Balaban J connectivity index is 2.76. The molecule has 116 valence electrons. The fraction of sp³-hybridized carbons (Fsp3) is 0.385. The molecule has 0 radical (unpaired) electrons. The summed E-state index contributed by atoms with van der Waals surface area (Å²) in [6.45, 7) is 0.0347. The van der Waals surface area contributed by atoms with E-state index in [0.717, 1.165) is 0 Å². The third kappa shape index (κ3) is 4.61. The number of halogens is 1. The summed E-state index contributed by atoms with van der Waals surface area (Å²) in [5.74, 6) is -0.872. The number of ether oxygens (including phenoxy) is 2. The van der Waals surface area contributed by atoms with Crippen molar-refractivity contribution in [3.05, 3.63) is 22.2 Å². The zero-order valence-electron chi connectivity index (χ0n) is 11.6. The van der Waals surface area contributed by atoms with Crippen molar-refractivity contribution >= 4 is 27.8 Å². The number of carbonyl (C=O) groups excluding carboxylic acids is 1. The van der Waals surface area contributed by atoms with Gasteiger partial charge in [-0.2, -0.15) is 0 Å². The van der Waals surface area contributed by atoms with Gasteiger partial charge in [0.15, 0.2) is 6.10 Å². The van der Waals surface area contributed by atoms with Gasteiger partial charge in [-0.05, 0) is 28.1 Å². The van der Waals surface area contributed by atoms with Gasteiger partial charge in [0.2, 0.25) is 0 Å². The van der Waals surface area contributed by atoms with Crippen LogP contribution in [-0.4, -0.2) is 49.0 Å². The summed E-state index contributed by atoms with van der Waals surface area (Å²) in [5.41, 5.74) is 0.303. The van der Waals surface area contributed by atoms with Crippen molar-refractivity contribution in [3.63, 3.8) is 0 Å². The summed E-state index contributed by atoms with van der Waals surface area (Å²) < 4.78 is 10.8. The minimum absolute atomic E-state index is 0.0347. The highest BCUT2D eigenvalue weighted by Crippen LogP contribution is 2.35. The Kier molecular flexibility index (Phi) is 6.44. The van der Waals surface area contributed by atoms with Crippen LogP contribution in [0.15, 0.2) is 16.6 Å². The van der Waals surface area contributed by atoms with E-state index in [1.54, 1.807) is 0 Å². The number of aliphatic hydroxyl groups is 1. The van der Waals surface area contributed by atoms with Crippen LogP contribution in [-0.2, 0) is 4.79 Å². The standard InChI is InChI=1S/C13H16BrNO6/c1-20-9-5-7(6-10(21-2)11(9)14)12(17)15-4-3-8(16)13(18)19/h5-6,8,16H,3-4H2,1-2H3,(H,15,17)(H,18,19). The van der Waals surface area contributed by atoms with Gasteiger partial charge in [0.1, 0.15) is 16.0 Å². The van der Waals surface area contributed by atoms with Gasteiger partial charge in [-0.3, -0.25) is 4.79 Å². The van der Waals surface area contributed by atoms with Gasteiger partial charge in [0.05, 0.1) is 14.2 Å². The van der Waals surface area contributed by atoms with E-state index < -0.39 is 18.0 Å². The molecule has 0 heterocycles. The summed E-state index contributed by atoms with van der Waals surface area (Å²) in [5, 5.41) is 20.2. The van der Waals surface area contributed by atoms with E-state index in [9.17, 15) is 9.59 Å². The third-order valence-corrected chi connectivity index (χ3v) is 3.48. The first-order valence-electron chi connectivity index (χ1n) is 6.01. The number of hydrogen-bond acceptors (Lipinski definition) is 5. The molecule has 0 aliphatic rings. The fourth-order valence-corrected chi connectivity index (χ4v) is 2.10. The highest BCUT2D eigenvalue weighted by atomic mass is 79.9. The van der Waals surface area contributed by atoms with Crippen LogP contribution >= 0.6 is 15.9 Å². The Hall–Kier alpha value is -1.80. The lowest BCUT2D eigenvalue weighted by Crippen LogP contribution is -2.30. The van der Waals surface area contributed by atoms with E-state index in [4.69, 9.17) is 19.7 Å². The van der Waals surface area contributed by atoms with Crippen LogP contribution in [0.2, 0.25) is 0 Å². The molecule has 0 spiro atoms. The zero-order valence-corrected chi connectivity index (χ0v) is 13.1. The van der Waals surface area contributed by atoms with Crippen LogP contribution < -0.4 is 14.8 Å². The third-order valence-electron chi connectivity index (χ3n) is 2.70. The molecule has 1 atom stereocenters. The highest BCUT2D eigenvalue weighted by Gasteiger charge is 2.16. The summed E-state index contributed by atoms with van der Waals surface area (Å²) >= 11 is 3.29. The topological polar surface area (TPSA) is 105 Å². The van der Waals surface area contributed by atoms with Crippen molar-refractivity contribution in [2.24, 2.45) is 0 Å². The molecule has 8 heteroatoms. The van der Waals surface area contributed by atoms with Crippen LogP contribution in [0.3, 0.4) is 0 Å². The highest BCUT2D eigenvalue weighted by molar-refractivity contribution is 9.10. The summed E-state index contributed by atoms with van der Waals surface area (Å²) in [4.78, 5) is 22.4. The van der Waals surface area contributed by atoms with Crippen molar-refractivity contribution in [3.8, 4) is 11.5 Å². The normalized spacial score (nSPS) is 11.6. The summed E-state index contributed by atoms with van der Waals surface area (Å²) in [7, 11) is 2.93. The van der Waals surface area contributed by atoms with Crippen LogP contribution in [0.4, 0.5) is 0 Å². The van der Waals surface area contributed by atoms with Crippen molar-refractivity contribution in [1.29, 1.82) is 0 Å².